The number of thiocarbonyl (C=S) groups is 1. The van der Waals surface area contributed by atoms with Crippen LogP contribution in [-0.4, -0.2) is 28.0 Å². The summed E-state index contributed by atoms with van der Waals surface area (Å²) in [6, 6.07) is 0.0406. The third-order valence-electron chi connectivity index (χ3n) is 2.22. The largest absolute Gasteiger partial charge is 0.379 e. The van der Waals surface area contributed by atoms with Crippen LogP contribution in [0.4, 0.5) is 0 Å². The second-order valence-corrected chi connectivity index (χ2v) is 4.90. The number of rotatable bonds is 3. The van der Waals surface area contributed by atoms with Crippen molar-refractivity contribution >= 4 is 40.2 Å². The van der Waals surface area contributed by atoms with E-state index in [9.17, 15) is 4.79 Å². The van der Waals surface area contributed by atoms with Gasteiger partial charge in [0.25, 0.3) is 0 Å². The molecule has 1 heterocycles. The molecule has 0 aromatic rings. The molecule has 1 saturated heterocycles. The average molecular weight is 246 g/mol. The van der Waals surface area contributed by atoms with Crippen molar-refractivity contribution in [3.63, 3.8) is 0 Å². The van der Waals surface area contributed by atoms with Crippen LogP contribution < -0.4 is 16.4 Å². The predicted octanol–water partition coefficient (Wildman–Crippen LogP) is 0.0122. The number of nitrogens with two attached hydrogens (primary N) is 1. The SMILES string of the molecule is CC1NC(=S)NC(=O)C1CCSC(=N)N. The number of nitrogens with one attached hydrogen (secondary N) is 3. The van der Waals surface area contributed by atoms with Crippen molar-refractivity contribution in [3.05, 3.63) is 0 Å². The molecule has 1 rings (SSSR count). The first-order chi connectivity index (χ1) is 7.00. The second-order valence-electron chi connectivity index (χ2n) is 3.36. The highest BCUT2D eigenvalue weighted by Gasteiger charge is 2.30. The van der Waals surface area contributed by atoms with Gasteiger partial charge in [-0.05, 0) is 25.6 Å². The highest BCUT2D eigenvalue weighted by Crippen LogP contribution is 2.16. The molecule has 0 aromatic heterocycles. The molecule has 5 N–H and O–H groups in total. The smallest absolute Gasteiger partial charge is 0.231 e. The first-order valence-electron chi connectivity index (χ1n) is 4.59. The maximum absolute atomic E-state index is 11.6. The normalized spacial score (nSPS) is 25.7. The van der Waals surface area contributed by atoms with E-state index in [1.807, 2.05) is 6.92 Å². The molecule has 0 spiro atoms. The fourth-order valence-electron chi connectivity index (χ4n) is 1.45. The Balaban J connectivity index is 2.42. The number of hydrogen-bond acceptors (Lipinski definition) is 4. The molecule has 1 aliphatic heterocycles. The molecule has 0 aliphatic carbocycles. The fraction of sp³-hybridized carbons (Fsp3) is 0.625. The van der Waals surface area contributed by atoms with Gasteiger partial charge in [0.15, 0.2) is 10.3 Å². The lowest BCUT2D eigenvalue weighted by molar-refractivity contribution is -0.125. The van der Waals surface area contributed by atoms with Gasteiger partial charge in [-0.1, -0.05) is 11.8 Å². The van der Waals surface area contributed by atoms with Crippen LogP contribution in [0.15, 0.2) is 0 Å². The zero-order chi connectivity index (χ0) is 11.4. The zero-order valence-corrected chi connectivity index (χ0v) is 10.0. The highest BCUT2D eigenvalue weighted by atomic mass is 32.2. The Morgan fingerprint density at radius 3 is 2.93 bits per heavy atom. The summed E-state index contributed by atoms with van der Waals surface area (Å²) in [7, 11) is 0. The van der Waals surface area contributed by atoms with Gasteiger partial charge >= 0.3 is 0 Å². The van der Waals surface area contributed by atoms with Gasteiger partial charge in [-0.25, -0.2) is 0 Å². The van der Waals surface area contributed by atoms with Crippen LogP contribution in [0.5, 0.6) is 0 Å². The fourth-order valence-corrected chi connectivity index (χ4v) is 2.33. The number of hydrogen-bond donors (Lipinski definition) is 4. The Morgan fingerprint density at radius 1 is 1.73 bits per heavy atom. The minimum absolute atomic E-state index is 0.0406. The third kappa shape index (κ3) is 3.67. The van der Waals surface area contributed by atoms with E-state index in [4.69, 9.17) is 23.4 Å². The highest BCUT2D eigenvalue weighted by molar-refractivity contribution is 8.13. The molecule has 0 radical (unpaired) electrons. The summed E-state index contributed by atoms with van der Waals surface area (Å²) in [5.41, 5.74) is 5.21. The van der Waals surface area contributed by atoms with E-state index in [0.29, 0.717) is 17.3 Å². The molecule has 1 amide bonds. The first kappa shape index (κ1) is 12.3. The summed E-state index contributed by atoms with van der Waals surface area (Å²) in [5.74, 6) is 0.519. The Morgan fingerprint density at radius 2 is 2.40 bits per heavy atom. The molecular formula is C8H14N4OS2. The van der Waals surface area contributed by atoms with Crippen LogP contribution in [0.25, 0.3) is 0 Å². The van der Waals surface area contributed by atoms with E-state index in [1.54, 1.807) is 0 Å². The second kappa shape index (κ2) is 5.32. The van der Waals surface area contributed by atoms with Gasteiger partial charge in [0, 0.05) is 11.8 Å². The number of thioether (sulfide) groups is 1. The summed E-state index contributed by atoms with van der Waals surface area (Å²) in [4.78, 5) is 11.6. The predicted molar refractivity (Wildman–Crippen MR) is 65.8 cm³/mol. The van der Waals surface area contributed by atoms with Crippen LogP contribution in [0, 0.1) is 11.3 Å². The minimum atomic E-state index is -0.108. The molecule has 1 aliphatic rings. The summed E-state index contributed by atoms with van der Waals surface area (Å²) >= 11 is 6.11. The number of carbonyl (C=O) groups is 1. The summed E-state index contributed by atoms with van der Waals surface area (Å²) < 4.78 is 0. The maximum atomic E-state index is 11.6. The standard InChI is InChI=1S/C8H14N4OS2/c1-4-5(2-3-15-7(9)10)6(13)12-8(14)11-4/h4-5H,2-3H2,1H3,(H3,9,10)(H2,11,12,13,14). The van der Waals surface area contributed by atoms with Gasteiger partial charge < -0.3 is 16.4 Å². The molecular weight excluding hydrogens is 232 g/mol. The molecule has 0 saturated carbocycles. The minimum Gasteiger partial charge on any atom is -0.379 e. The maximum Gasteiger partial charge on any atom is 0.231 e. The Kier molecular flexibility index (Phi) is 4.34. The molecule has 2 atom stereocenters. The van der Waals surface area contributed by atoms with E-state index in [0.717, 1.165) is 0 Å². The molecule has 5 nitrogen and oxygen atoms in total. The Bertz CT molecular complexity index is 294. The van der Waals surface area contributed by atoms with Crippen molar-refractivity contribution in [1.82, 2.24) is 10.6 Å². The van der Waals surface area contributed by atoms with Crippen molar-refractivity contribution in [1.29, 1.82) is 5.41 Å². The van der Waals surface area contributed by atoms with Crippen molar-refractivity contribution in [2.24, 2.45) is 11.7 Å². The third-order valence-corrected chi connectivity index (χ3v) is 3.19. The number of carbonyl (C=O) groups excluding carboxylic acids is 1. The van der Waals surface area contributed by atoms with Crippen molar-refractivity contribution in [2.45, 2.75) is 19.4 Å². The van der Waals surface area contributed by atoms with Gasteiger partial charge in [0.1, 0.15) is 0 Å². The quantitative estimate of drug-likeness (QED) is 0.320. The molecule has 15 heavy (non-hydrogen) atoms. The molecule has 7 heteroatoms. The lowest BCUT2D eigenvalue weighted by Crippen LogP contribution is -2.56. The van der Waals surface area contributed by atoms with Crippen molar-refractivity contribution in [2.75, 3.05) is 5.75 Å². The van der Waals surface area contributed by atoms with E-state index in [2.05, 4.69) is 10.6 Å². The molecule has 1 fully saturated rings. The van der Waals surface area contributed by atoms with Crippen LogP contribution >= 0.6 is 24.0 Å². The van der Waals surface area contributed by atoms with E-state index >= 15 is 0 Å². The van der Waals surface area contributed by atoms with Gasteiger partial charge in [-0.2, -0.15) is 0 Å². The van der Waals surface area contributed by atoms with E-state index in [-0.39, 0.29) is 23.0 Å². The van der Waals surface area contributed by atoms with Crippen LogP contribution in [0.2, 0.25) is 0 Å². The topological polar surface area (TPSA) is 91.0 Å². The molecule has 2 unspecified atom stereocenters. The first-order valence-corrected chi connectivity index (χ1v) is 5.98. The lowest BCUT2D eigenvalue weighted by atomic mass is 9.96. The zero-order valence-electron chi connectivity index (χ0n) is 8.37. The molecule has 0 bridgehead atoms. The van der Waals surface area contributed by atoms with Gasteiger partial charge in [0.05, 0.1) is 5.92 Å². The molecule has 84 valence electrons. The molecule has 0 aromatic carbocycles. The van der Waals surface area contributed by atoms with Gasteiger partial charge in [-0.3, -0.25) is 10.2 Å². The van der Waals surface area contributed by atoms with Crippen molar-refractivity contribution in [3.8, 4) is 0 Å². The van der Waals surface area contributed by atoms with Gasteiger partial charge in [-0.15, -0.1) is 0 Å². The van der Waals surface area contributed by atoms with Crippen LogP contribution in [0.1, 0.15) is 13.3 Å². The lowest BCUT2D eigenvalue weighted by Gasteiger charge is -2.30. The summed E-state index contributed by atoms with van der Waals surface area (Å²) in [6.45, 7) is 1.92. The van der Waals surface area contributed by atoms with Crippen LogP contribution in [0.3, 0.4) is 0 Å². The number of amidine groups is 1. The van der Waals surface area contributed by atoms with E-state index < -0.39 is 0 Å². The Labute approximate surface area is 98.1 Å². The van der Waals surface area contributed by atoms with E-state index in [1.165, 1.54) is 11.8 Å². The summed E-state index contributed by atoms with van der Waals surface area (Å²) in [6.07, 6.45) is 0.687. The monoisotopic (exact) mass is 246 g/mol. The van der Waals surface area contributed by atoms with Crippen molar-refractivity contribution < 1.29 is 4.79 Å². The average Bonchev–Trinajstić information content (AvgIpc) is 2.08. The summed E-state index contributed by atoms with van der Waals surface area (Å²) in [5, 5.41) is 13.1. The van der Waals surface area contributed by atoms with Gasteiger partial charge in [0.2, 0.25) is 5.91 Å². The van der Waals surface area contributed by atoms with Crippen LogP contribution in [-0.2, 0) is 4.79 Å². The Hall–Kier alpha value is -0.820. The number of amides is 1.